The van der Waals surface area contributed by atoms with Crippen LogP contribution in [0.5, 0.6) is 0 Å². The molecule has 0 aromatic heterocycles. The predicted molar refractivity (Wildman–Crippen MR) is 121 cm³/mol. The number of carbonyl (C=O) groups is 3. The molecule has 2 aromatic carbocycles. The zero-order valence-corrected chi connectivity index (χ0v) is 18.6. The highest BCUT2D eigenvalue weighted by Crippen LogP contribution is 2.32. The number of rotatable bonds is 7. The quantitative estimate of drug-likeness (QED) is 0.272. The van der Waals surface area contributed by atoms with E-state index in [1.165, 1.54) is 12.1 Å². The van der Waals surface area contributed by atoms with Gasteiger partial charge in [-0.1, -0.05) is 23.7 Å². The maximum atomic E-state index is 12.6. The summed E-state index contributed by atoms with van der Waals surface area (Å²) in [5, 5.41) is 13.0. The molecule has 1 fully saturated rings. The second-order valence-corrected chi connectivity index (χ2v) is 8.56. The van der Waals surface area contributed by atoms with Gasteiger partial charge in [-0.05, 0) is 47.9 Å². The number of hydrogen-bond donors (Lipinski definition) is 1. The van der Waals surface area contributed by atoms with Crippen molar-refractivity contribution >= 4 is 63.9 Å². The van der Waals surface area contributed by atoms with Crippen LogP contribution in [0, 0.1) is 10.1 Å². The summed E-state index contributed by atoms with van der Waals surface area (Å²) < 4.78 is 0. The Balaban J connectivity index is 1.62. The second-order valence-electron chi connectivity index (χ2n) is 6.28. The van der Waals surface area contributed by atoms with E-state index in [1.54, 1.807) is 17.8 Å². The number of carbonyl (C=O) groups excluding carboxylic acids is 3. The molecule has 3 rings (SSSR count). The monoisotopic (exact) mass is 477 g/mol. The number of nitrogens with zero attached hydrogens (tertiary/aromatic N) is 2. The lowest BCUT2D eigenvalue weighted by Crippen LogP contribution is -2.37. The molecule has 0 radical (unpaired) electrons. The van der Waals surface area contributed by atoms with Gasteiger partial charge in [-0.15, -0.1) is 11.8 Å². The molecule has 2 aromatic rings. The predicted octanol–water partition coefficient (Wildman–Crippen LogP) is 4.44. The van der Waals surface area contributed by atoms with Gasteiger partial charge in [-0.3, -0.25) is 29.4 Å². The van der Waals surface area contributed by atoms with Crippen LogP contribution in [0.1, 0.15) is 15.9 Å². The molecule has 11 heteroatoms. The number of hydrogen-bond acceptors (Lipinski definition) is 7. The van der Waals surface area contributed by atoms with Crippen LogP contribution in [0.4, 0.5) is 10.5 Å². The maximum Gasteiger partial charge on any atom is 0.293 e. The number of thioether (sulfide) groups is 2. The third-order valence-corrected chi connectivity index (χ3v) is 6.29. The minimum Gasteiger partial charge on any atom is -0.350 e. The molecule has 1 aliphatic rings. The zero-order valence-electron chi connectivity index (χ0n) is 16.2. The Morgan fingerprint density at radius 2 is 1.97 bits per heavy atom. The van der Waals surface area contributed by atoms with E-state index in [1.807, 2.05) is 30.5 Å². The van der Waals surface area contributed by atoms with Gasteiger partial charge in [0.25, 0.3) is 22.7 Å². The highest BCUT2D eigenvalue weighted by Gasteiger charge is 2.34. The lowest BCUT2D eigenvalue weighted by Gasteiger charge is -2.13. The van der Waals surface area contributed by atoms with Gasteiger partial charge in [0.1, 0.15) is 0 Å². The summed E-state index contributed by atoms with van der Waals surface area (Å²) in [6.07, 6.45) is 3.61. The summed E-state index contributed by atoms with van der Waals surface area (Å²) in [5.74, 6) is -1.07. The molecule has 0 bridgehead atoms. The Labute approximate surface area is 191 Å². The normalized spacial score (nSPS) is 14.9. The smallest absolute Gasteiger partial charge is 0.293 e. The van der Waals surface area contributed by atoms with Crippen molar-refractivity contribution in [2.45, 2.75) is 4.90 Å². The van der Waals surface area contributed by atoms with Gasteiger partial charge in [-0.25, -0.2) is 0 Å². The molecule has 0 atom stereocenters. The van der Waals surface area contributed by atoms with Gasteiger partial charge in [0.2, 0.25) is 0 Å². The average Bonchev–Trinajstić information content (AvgIpc) is 3.01. The molecule has 0 saturated carbocycles. The van der Waals surface area contributed by atoms with Gasteiger partial charge >= 0.3 is 0 Å². The number of nitrogens with one attached hydrogen (secondary N) is 1. The van der Waals surface area contributed by atoms with Crippen molar-refractivity contribution in [2.24, 2.45) is 0 Å². The van der Waals surface area contributed by atoms with Crippen LogP contribution in [0.15, 0.2) is 52.3 Å². The van der Waals surface area contributed by atoms with Crippen molar-refractivity contribution in [3.05, 3.63) is 73.6 Å². The van der Waals surface area contributed by atoms with Crippen LogP contribution in [0.25, 0.3) is 6.08 Å². The summed E-state index contributed by atoms with van der Waals surface area (Å²) in [6.45, 7) is -0.0582. The molecule has 1 N–H and O–H groups in total. The molecule has 1 heterocycles. The largest absolute Gasteiger partial charge is 0.350 e. The molecule has 1 saturated heterocycles. The minimum absolute atomic E-state index is 0.0222. The first-order valence-electron chi connectivity index (χ1n) is 8.91. The molecular formula is C20H16ClN3O5S2. The van der Waals surface area contributed by atoms with E-state index in [0.717, 1.165) is 33.2 Å². The molecule has 3 amide bonds. The first-order chi connectivity index (χ1) is 14.8. The van der Waals surface area contributed by atoms with Gasteiger partial charge < -0.3 is 5.32 Å². The first kappa shape index (κ1) is 22.9. The summed E-state index contributed by atoms with van der Waals surface area (Å²) in [4.78, 5) is 49.8. The highest BCUT2D eigenvalue weighted by molar-refractivity contribution is 8.18. The number of amides is 3. The lowest BCUT2D eigenvalue weighted by molar-refractivity contribution is -0.384. The van der Waals surface area contributed by atoms with E-state index < -0.39 is 22.0 Å². The number of nitro groups is 1. The van der Waals surface area contributed by atoms with Gasteiger partial charge in [-0.2, -0.15) is 0 Å². The maximum absolute atomic E-state index is 12.6. The molecule has 0 unspecified atom stereocenters. The van der Waals surface area contributed by atoms with Crippen LogP contribution in [0.2, 0.25) is 5.02 Å². The zero-order chi connectivity index (χ0) is 22.5. The van der Waals surface area contributed by atoms with Crippen molar-refractivity contribution in [1.82, 2.24) is 10.2 Å². The van der Waals surface area contributed by atoms with Crippen LogP contribution < -0.4 is 5.32 Å². The fourth-order valence-corrected chi connectivity index (χ4v) is 4.20. The summed E-state index contributed by atoms with van der Waals surface area (Å²) in [5.41, 5.74) is 0.478. The van der Waals surface area contributed by atoms with Gasteiger partial charge in [0.05, 0.1) is 20.4 Å². The number of imide groups is 1. The molecule has 8 nitrogen and oxygen atoms in total. The van der Waals surface area contributed by atoms with E-state index in [-0.39, 0.29) is 29.4 Å². The van der Waals surface area contributed by atoms with E-state index >= 15 is 0 Å². The molecule has 1 aliphatic heterocycles. The lowest BCUT2D eigenvalue weighted by atomic mass is 10.2. The number of non-ortho nitro benzene ring substituents is 1. The van der Waals surface area contributed by atoms with E-state index in [0.29, 0.717) is 4.91 Å². The summed E-state index contributed by atoms with van der Waals surface area (Å²) in [7, 11) is 0. The number of halogens is 1. The fourth-order valence-electron chi connectivity index (χ4n) is 2.72. The van der Waals surface area contributed by atoms with E-state index in [9.17, 15) is 24.5 Å². The van der Waals surface area contributed by atoms with Gasteiger partial charge in [0.15, 0.2) is 0 Å². The third-order valence-electron chi connectivity index (χ3n) is 4.31. The summed E-state index contributed by atoms with van der Waals surface area (Å²) in [6, 6.07) is 11.1. The van der Waals surface area contributed by atoms with Crippen molar-refractivity contribution in [1.29, 1.82) is 0 Å². The van der Waals surface area contributed by atoms with Crippen molar-refractivity contribution < 1.29 is 19.3 Å². The Bertz CT molecular complexity index is 1090. The average molecular weight is 478 g/mol. The Morgan fingerprint density at radius 3 is 2.61 bits per heavy atom. The summed E-state index contributed by atoms with van der Waals surface area (Å²) >= 11 is 8.39. The Morgan fingerprint density at radius 1 is 1.26 bits per heavy atom. The fraction of sp³-hybridized carbons (Fsp3) is 0.150. The van der Waals surface area contributed by atoms with Crippen LogP contribution >= 0.6 is 35.1 Å². The number of nitro benzene ring substituents is 1. The van der Waals surface area contributed by atoms with Crippen LogP contribution in [-0.4, -0.2) is 46.2 Å². The number of benzene rings is 2. The van der Waals surface area contributed by atoms with Crippen LogP contribution in [-0.2, 0) is 4.79 Å². The Hall–Kier alpha value is -2.82. The molecule has 0 aliphatic carbocycles. The minimum atomic E-state index is -0.634. The molecular weight excluding hydrogens is 462 g/mol. The third kappa shape index (κ3) is 5.46. The Kier molecular flexibility index (Phi) is 7.37. The standard InChI is InChI=1S/C20H16ClN3O5S2/c1-30-14-5-2-12(3-6-14)10-17-19(26)23(20(27)31-17)9-8-22-18(25)15-11-13(24(28)29)4-7-16(15)21/h2-7,10-11H,8-9H2,1H3,(H,22,25)/b17-10-. The van der Waals surface area contributed by atoms with Crippen molar-refractivity contribution in [2.75, 3.05) is 19.3 Å². The topological polar surface area (TPSA) is 110 Å². The van der Waals surface area contributed by atoms with Gasteiger partial charge in [0, 0.05) is 30.1 Å². The van der Waals surface area contributed by atoms with Crippen molar-refractivity contribution in [3.8, 4) is 0 Å². The highest BCUT2D eigenvalue weighted by atomic mass is 35.5. The first-order valence-corrected chi connectivity index (χ1v) is 11.3. The SMILES string of the molecule is CSc1ccc(/C=C2\SC(=O)N(CCNC(=O)c3cc([N+](=O)[O-])ccc3Cl)C2=O)cc1. The molecule has 0 spiro atoms. The molecule has 160 valence electrons. The van der Waals surface area contributed by atoms with E-state index in [2.05, 4.69) is 5.32 Å². The molecule has 31 heavy (non-hydrogen) atoms. The van der Waals surface area contributed by atoms with E-state index in [4.69, 9.17) is 11.6 Å². The van der Waals surface area contributed by atoms with Crippen molar-refractivity contribution in [3.63, 3.8) is 0 Å². The van der Waals surface area contributed by atoms with Crippen LogP contribution in [0.3, 0.4) is 0 Å². The second kappa shape index (κ2) is 9.99.